The molecule has 6 aromatic carbocycles. The topological polar surface area (TPSA) is 27.5 Å². The summed E-state index contributed by atoms with van der Waals surface area (Å²) in [5, 5.41) is 2.30. The zero-order valence-electron chi connectivity index (χ0n) is 32.6. The van der Waals surface area contributed by atoms with Crippen LogP contribution in [-0.4, -0.2) is 9.55 Å². The van der Waals surface area contributed by atoms with Crippen LogP contribution in [0.2, 0.25) is 0 Å². The second-order valence-electron chi connectivity index (χ2n) is 16.3. The van der Waals surface area contributed by atoms with Crippen molar-refractivity contribution in [2.45, 2.75) is 52.4 Å². The Kier molecular flexibility index (Phi) is 9.63. The first-order chi connectivity index (χ1) is 26.5. The number of aromatic nitrogens is 2. The van der Waals surface area contributed by atoms with Crippen molar-refractivity contribution >= 4 is 61.6 Å². The van der Waals surface area contributed by atoms with Gasteiger partial charge in [-0.15, -0.1) is 48.1 Å². The van der Waals surface area contributed by atoms with Crippen LogP contribution in [0, 0.1) is 18.8 Å². The van der Waals surface area contributed by atoms with Gasteiger partial charge in [0.15, 0.2) is 0 Å². The minimum atomic E-state index is -0.0168. The number of anilines is 7. The molecule has 3 heterocycles. The molecule has 6 heteroatoms. The maximum Gasteiger partial charge on any atom is 0.135 e. The third-order valence-electron chi connectivity index (χ3n) is 10.6. The van der Waals surface area contributed by atoms with Crippen molar-refractivity contribution in [2.75, 3.05) is 14.7 Å². The molecule has 0 unspecified atom stereocenters. The predicted octanol–water partition coefficient (Wildman–Crippen LogP) is 13.3. The van der Waals surface area contributed by atoms with E-state index in [0.717, 1.165) is 62.0 Å². The van der Waals surface area contributed by atoms with E-state index >= 15 is 0 Å². The van der Waals surface area contributed by atoms with Crippen molar-refractivity contribution in [1.29, 1.82) is 0 Å². The Morgan fingerprint density at radius 3 is 2.00 bits per heavy atom. The normalized spacial score (nSPS) is 12.9. The Balaban J connectivity index is 0.00000441. The van der Waals surface area contributed by atoms with Crippen LogP contribution in [0.15, 0.2) is 152 Å². The van der Waals surface area contributed by atoms with Gasteiger partial charge in [0.05, 0.1) is 0 Å². The molecule has 0 saturated heterocycles. The van der Waals surface area contributed by atoms with Crippen LogP contribution in [-0.2, 0) is 31.9 Å². The predicted molar refractivity (Wildman–Crippen MR) is 230 cm³/mol. The van der Waals surface area contributed by atoms with E-state index in [0.29, 0.717) is 0 Å². The van der Waals surface area contributed by atoms with E-state index in [1.807, 2.05) is 6.20 Å². The Morgan fingerprint density at radius 2 is 1.23 bits per heavy atom. The Hall–Kier alpha value is -5.64. The molecule has 0 aliphatic carbocycles. The summed E-state index contributed by atoms with van der Waals surface area (Å²) >= 11 is 0. The maximum absolute atomic E-state index is 4.92. The van der Waals surface area contributed by atoms with Gasteiger partial charge in [-0.1, -0.05) is 119 Å². The zero-order chi connectivity index (χ0) is 37.9. The maximum atomic E-state index is 4.92. The first-order valence-corrected chi connectivity index (χ1v) is 19.0. The molecule has 0 saturated carbocycles. The van der Waals surface area contributed by atoms with E-state index in [-0.39, 0.29) is 31.9 Å². The third-order valence-corrected chi connectivity index (χ3v) is 10.6. The van der Waals surface area contributed by atoms with Crippen molar-refractivity contribution in [3.05, 3.63) is 182 Å². The number of nitrogens with zero attached hydrogens (tertiary/aromatic N) is 5. The van der Waals surface area contributed by atoms with Crippen molar-refractivity contribution in [2.24, 2.45) is 0 Å². The molecule has 0 amide bonds. The molecule has 2 aromatic heterocycles. The summed E-state index contributed by atoms with van der Waals surface area (Å²) in [6, 6.07) is 59.3. The molecule has 0 N–H and O–H groups in total. The van der Waals surface area contributed by atoms with Gasteiger partial charge in [0.2, 0.25) is 0 Å². The van der Waals surface area contributed by atoms with Crippen LogP contribution in [0.5, 0.6) is 0 Å². The first-order valence-electron chi connectivity index (χ1n) is 19.0. The molecule has 5 nitrogen and oxygen atoms in total. The van der Waals surface area contributed by atoms with E-state index in [1.165, 1.54) is 16.5 Å². The minimum Gasteiger partial charge on any atom is -0.493 e. The van der Waals surface area contributed by atoms with Crippen LogP contribution in [0.1, 0.15) is 52.7 Å². The molecule has 9 rings (SSSR count). The number of rotatable bonds is 6. The van der Waals surface area contributed by atoms with Gasteiger partial charge >= 0.3 is 0 Å². The fourth-order valence-corrected chi connectivity index (χ4v) is 7.59. The summed E-state index contributed by atoms with van der Waals surface area (Å²) < 4.78 is 2.26. The summed E-state index contributed by atoms with van der Waals surface area (Å²) in [5.41, 5.74) is 11.8. The Labute approximate surface area is 345 Å². The summed E-state index contributed by atoms with van der Waals surface area (Å²) in [6.07, 6.45) is 1.92. The van der Waals surface area contributed by atoms with Crippen LogP contribution in [0.3, 0.4) is 0 Å². The van der Waals surface area contributed by atoms with Crippen LogP contribution in [0.4, 0.5) is 39.8 Å². The third kappa shape index (κ3) is 6.69. The van der Waals surface area contributed by atoms with Crippen LogP contribution < -0.4 is 14.7 Å². The molecular formula is C50H44N5Pt-3. The average molecular weight is 910 g/mol. The van der Waals surface area contributed by atoms with Gasteiger partial charge in [-0.3, -0.25) is 0 Å². The number of para-hydroxylation sites is 4. The van der Waals surface area contributed by atoms with E-state index in [9.17, 15) is 0 Å². The Morgan fingerprint density at radius 1 is 0.571 bits per heavy atom. The fourth-order valence-electron chi connectivity index (χ4n) is 7.59. The standard InChI is InChI=1S/C50H44N5.Pt/c1-49(2,3)35-16-14-19-38(30-35)52-34-53(46-25-13-12-24-45(46)52)39-20-15-21-40(32-39)54(37-17-8-7-9-18-37)41-26-27-43-42-22-10-11-23-44(42)55(47(43)33-41)48-31-36(28-29-51-48)50(4,5)6;/h7-31,34H,1-6H3;/q-3;. The zero-order valence-corrected chi connectivity index (χ0v) is 34.8. The van der Waals surface area contributed by atoms with Gasteiger partial charge in [-0.25, -0.2) is 4.98 Å². The molecule has 1 aliphatic heterocycles. The van der Waals surface area contributed by atoms with E-state index < -0.39 is 0 Å². The summed E-state index contributed by atoms with van der Waals surface area (Å²) in [5.74, 6) is 0.882. The van der Waals surface area contributed by atoms with E-state index in [2.05, 4.69) is 225 Å². The molecule has 1 aliphatic rings. The first kappa shape index (κ1) is 37.3. The second-order valence-corrected chi connectivity index (χ2v) is 16.3. The second kappa shape index (κ2) is 14.5. The number of pyridine rings is 1. The van der Waals surface area contributed by atoms with E-state index in [4.69, 9.17) is 4.98 Å². The van der Waals surface area contributed by atoms with E-state index in [1.54, 1.807) is 0 Å². The van der Waals surface area contributed by atoms with Gasteiger partial charge in [0.1, 0.15) is 5.82 Å². The number of hydrogen-bond acceptors (Lipinski definition) is 4. The van der Waals surface area contributed by atoms with Crippen molar-refractivity contribution in [3.63, 3.8) is 0 Å². The molecule has 0 bridgehead atoms. The van der Waals surface area contributed by atoms with Gasteiger partial charge < -0.3 is 19.3 Å². The largest absolute Gasteiger partial charge is 0.493 e. The summed E-state index contributed by atoms with van der Waals surface area (Å²) in [6.45, 7) is 15.7. The molecule has 0 atom stereocenters. The smallest absolute Gasteiger partial charge is 0.135 e. The molecule has 56 heavy (non-hydrogen) atoms. The average Bonchev–Trinajstić information content (AvgIpc) is 3.74. The minimum absolute atomic E-state index is 0. The molecule has 0 fully saturated rings. The SMILES string of the molecule is CC(C)(C)c1cccc(N2[CH-]N(c3[c-]c(N(c4[c-]c5c(cc4)c4ccccc4n5-c4cc(C(C)(C)C)ccn4)c4ccccc4)ccc3)c3ccccc32)c1.[Pt]. The molecule has 0 spiro atoms. The summed E-state index contributed by atoms with van der Waals surface area (Å²) in [7, 11) is 0. The molecular weight excluding hydrogens is 866 g/mol. The van der Waals surface area contributed by atoms with Gasteiger partial charge in [0.25, 0.3) is 0 Å². The fraction of sp³-hybridized carbons (Fsp3) is 0.160. The van der Waals surface area contributed by atoms with Crippen molar-refractivity contribution in [1.82, 2.24) is 9.55 Å². The number of fused-ring (bicyclic) bond motifs is 4. The molecule has 282 valence electrons. The van der Waals surface area contributed by atoms with Crippen LogP contribution >= 0.6 is 0 Å². The monoisotopic (exact) mass is 909 g/mol. The Bertz CT molecular complexity index is 2680. The summed E-state index contributed by atoms with van der Waals surface area (Å²) in [4.78, 5) is 11.7. The quantitative estimate of drug-likeness (QED) is 0.155. The van der Waals surface area contributed by atoms with Crippen molar-refractivity contribution in [3.8, 4) is 5.82 Å². The van der Waals surface area contributed by atoms with Crippen LogP contribution in [0.25, 0.3) is 27.6 Å². The molecule has 0 radical (unpaired) electrons. The van der Waals surface area contributed by atoms with Gasteiger partial charge in [0, 0.05) is 55.5 Å². The number of benzene rings is 6. The van der Waals surface area contributed by atoms with Crippen molar-refractivity contribution < 1.29 is 21.1 Å². The van der Waals surface area contributed by atoms with Gasteiger partial charge in [-0.2, -0.15) is 12.1 Å². The number of hydrogen-bond donors (Lipinski definition) is 0. The van der Waals surface area contributed by atoms with Gasteiger partial charge in [-0.05, 0) is 81.9 Å². The molecule has 8 aromatic rings.